The lowest BCUT2D eigenvalue weighted by Crippen LogP contribution is -2.45. The third kappa shape index (κ3) is 8.19. The van der Waals surface area contributed by atoms with Crippen LogP contribution in [0.1, 0.15) is 0 Å². The zero-order valence-corrected chi connectivity index (χ0v) is 23.2. The number of benzene rings is 4. The number of piperazine rings is 1. The molecule has 0 bridgehead atoms. The van der Waals surface area contributed by atoms with E-state index in [1.165, 1.54) is 10.1 Å². The maximum absolute atomic E-state index is 13.7. The Hall–Kier alpha value is -3.62. The lowest BCUT2D eigenvalue weighted by atomic mass is 10.3. The minimum Gasteiger partial charge on any atom is -0.394 e. The van der Waals surface area contributed by atoms with E-state index in [1.54, 1.807) is 97.1 Å². The molecule has 4 aromatic carbocycles. The molecule has 10 nitrogen and oxygen atoms in total. The minimum absolute atomic E-state index is 0.233. The van der Waals surface area contributed by atoms with Gasteiger partial charge in [-0.3, -0.25) is 0 Å². The van der Waals surface area contributed by atoms with Gasteiger partial charge in [-0.2, -0.15) is 19.4 Å². The van der Waals surface area contributed by atoms with Crippen molar-refractivity contribution in [2.24, 2.45) is 0 Å². The van der Waals surface area contributed by atoms with E-state index >= 15 is 0 Å². The van der Waals surface area contributed by atoms with Gasteiger partial charge in [-0.1, -0.05) is 72.8 Å². The Morgan fingerprint density at radius 2 is 0.625 bits per heavy atom. The number of hydroxylamine groups is 4. The van der Waals surface area contributed by atoms with Crippen LogP contribution in [0.5, 0.6) is 23.0 Å². The van der Waals surface area contributed by atoms with Gasteiger partial charge in [-0.25, -0.2) is 9.13 Å². The topological polar surface area (TPSA) is 96.0 Å². The van der Waals surface area contributed by atoms with Gasteiger partial charge in [0.1, 0.15) is 23.0 Å². The molecule has 0 N–H and O–H groups in total. The van der Waals surface area contributed by atoms with Crippen LogP contribution < -0.4 is 18.1 Å². The Balaban J connectivity index is 1.24. The Labute approximate surface area is 232 Å². The number of phosphoric ester groups is 2. The van der Waals surface area contributed by atoms with Crippen LogP contribution in [0, 0.1) is 0 Å². The van der Waals surface area contributed by atoms with E-state index < -0.39 is 15.6 Å². The average molecular weight is 582 g/mol. The van der Waals surface area contributed by atoms with Gasteiger partial charge in [-0.05, 0) is 48.5 Å². The Kier molecular flexibility index (Phi) is 9.19. The van der Waals surface area contributed by atoms with Crippen LogP contribution in [0.15, 0.2) is 121 Å². The zero-order valence-electron chi connectivity index (χ0n) is 21.4. The van der Waals surface area contributed by atoms with E-state index in [4.69, 9.17) is 27.3 Å². The van der Waals surface area contributed by atoms with Crippen molar-refractivity contribution in [3.05, 3.63) is 121 Å². The second-order valence-corrected chi connectivity index (χ2v) is 11.4. The molecule has 0 amide bonds. The number of hydrogen-bond acceptors (Lipinski definition) is 10. The predicted octanol–water partition coefficient (Wildman–Crippen LogP) is 7.00. The molecule has 1 aliphatic rings. The molecule has 1 heterocycles. The quantitative estimate of drug-likeness (QED) is 0.163. The maximum atomic E-state index is 13.7. The van der Waals surface area contributed by atoms with Crippen molar-refractivity contribution >= 4 is 15.6 Å². The smallest absolute Gasteiger partial charge is 0.394 e. The molecule has 40 heavy (non-hydrogen) atoms. The van der Waals surface area contributed by atoms with E-state index in [0.29, 0.717) is 23.0 Å². The van der Waals surface area contributed by atoms with Crippen LogP contribution >= 0.6 is 15.6 Å². The molecule has 0 aromatic heterocycles. The predicted molar refractivity (Wildman–Crippen MR) is 149 cm³/mol. The van der Waals surface area contributed by atoms with E-state index in [2.05, 4.69) is 0 Å². The number of nitrogens with zero attached hydrogens (tertiary/aromatic N) is 2. The van der Waals surface area contributed by atoms with Crippen molar-refractivity contribution in [3.63, 3.8) is 0 Å². The highest BCUT2D eigenvalue weighted by Crippen LogP contribution is 2.52. The van der Waals surface area contributed by atoms with Crippen LogP contribution in [0.25, 0.3) is 0 Å². The van der Waals surface area contributed by atoms with Gasteiger partial charge in [0.25, 0.3) is 0 Å². The number of rotatable bonds is 12. The number of hydrogen-bond donors (Lipinski definition) is 0. The summed E-state index contributed by atoms with van der Waals surface area (Å²) in [5.41, 5.74) is 0. The average Bonchev–Trinajstić information content (AvgIpc) is 2.96. The largest absolute Gasteiger partial charge is 0.604 e. The molecule has 0 radical (unpaired) electrons. The molecule has 5 rings (SSSR count). The molecule has 1 saturated heterocycles. The summed E-state index contributed by atoms with van der Waals surface area (Å²) in [5.74, 6) is 1.34. The van der Waals surface area contributed by atoms with Gasteiger partial charge < -0.3 is 18.1 Å². The lowest BCUT2D eigenvalue weighted by molar-refractivity contribution is -0.166. The van der Waals surface area contributed by atoms with Crippen molar-refractivity contribution in [1.29, 1.82) is 0 Å². The summed E-state index contributed by atoms with van der Waals surface area (Å²) in [6, 6.07) is 34.6. The van der Waals surface area contributed by atoms with Crippen molar-refractivity contribution in [2.75, 3.05) is 26.2 Å². The zero-order chi connectivity index (χ0) is 27.7. The Morgan fingerprint density at radius 1 is 0.400 bits per heavy atom. The molecule has 0 saturated carbocycles. The summed E-state index contributed by atoms with van der Waals surface area (Å²) in [6.07, 6.45) is 0. The van der Waals surface area contributed by atoms with Crippen LogP contribution in [-0.4, -0.2) is 36.3 Å². The van der Waals surface area contributed by atoms with Gasteiger partial charge in [0.2, 0.25) is 0 Å². The second kappa shape index (κ2) is 13.2. The van der Waals surface area contributed by atoms with E-state index in [9.17, 15) is 9.13 Å². The molecule has 0 unspecified atom stereocenters. The number of phosphoric acid groups is 2. The van der Waals surface area contributed by atoms with Crippen LogP contribution in [-0.2, 0) is 18.4 Å². The lowest BCUT2D eigenvalue weighted by Gasteiger charge is -2.34. The van der Waals surface area contributed by atoms with Crippen molar-refractivity contribution in [1.82, 2.24) is 10.1 Å². The van der Waals surface area contributed by atoms with E-state index in [0.717, 1.165) is 0 Å². The molecule has 1 aliphatic heterocycles. The molecule has 0 spiro atoms. The molecular weight excluding hydrogens is 554 g/mol. The highest BCUT2D eigenvalue weighted by atomic mass is 31.2. The van der Waals surface area contributed by atoms with Crippen LogP contribution in [0.4, 0.5) is 0 Å². The minimum atomic E-state index is -4.12. The first-order valence-corrected chi connectivity index (χ1v) is 15.5. The van der Waals surface area contributed by atoms with Gasteiger partial charge in [0.15, 0.2) is 0 Å². The Bertz CT molecular complexity index is 1220. The molecule has 0 atom stereocenters. The highest BCUT2D eigenvalue weighted by Gasteiger charge is 2.39. The fraction of sp³-hybridized carbons (Fsp3) is 0.143. The molecule has 4 aromatic rings. The second-order valence-electron chi connectivity index (χ2n) is 8.53. The number of para-hydroxylation sites is 4. The highest BCUT2D eigenvalue weighted by molar-refractivity contribution is 7.49. The van der Waals surface area contributed by atoms with Gasteiger partial charge in [0.05, 0.1) is 0 Å². The van der Waals surface area contributed by atoms with Gasteiger partial charge in [-0.15, -0.1) is 0 Å². The van der Waals surface area contributed by atoms with E-state index in [-0.39, 0.29) is 26.2 Å². The SMILES string of the molecule is O=P(Oc1ccccc1)(Oc1ccccc1)ON1CCN(OP(=O)(Oc2ccccc2)Oc2ccccc2)CC1. The third-order valence-electron chi connectivity index (χ3n) is 5.47. The summed E-state index contributed by atoms with van der Waals surface area (Å²) < 4.78 is 61.7. The molecule has 1 fully saturated rings. The Morgan fingerprint density at radius 3 is 0.850 bits per heavy atom. The molecular formula is C28H28N2O8P2. The van der Waals surface area contributed by atoms with Crippen molar-refractivity contribution in [3.8, 4) is 23.0 Å². The van der Waals surface area contributed by atoms with Crippen LogP contribution in [0.2, 0.25) is 0 Å². The van der Waals surface area contributed by atoms with Gasteiger partial charge >= 0.3 is 15.6 Å². The first-order valence-electron chi connectivity index (χ1n) is 12.5. The van der Waals surface area contributed by atoms with Crippen LogP contribution in [0.3, 0.4) is 0 Å². The molecule has 12 heteroatoms. The van der Waals surface area contributed by atoms with Crippen molar-refractivity contribution < 1.29 is 36.5 Å². The van der Waals surface area contributed by atoms with Gasteiger partial charge in [0, 0.05) is 26.2 Å². The monoisotopic (exact) mass is 582 g/mol. The standard InChI is InChI=1S/C28H28N2O8P2/c31-39(33-25-13-5-1-6-14-25,34-26-15-7-2-8-16-26)37-29-21-23-30(24-22-29)38-40(32,35-27-17-9-3-10-18-27)36-28-19-11-4-12-20-28/h1-20H,21-24H2. The fourth-order valence-electron chi connectivity index (χ4n) is 3.66. The molecule has 208 valence electrons. The summed E-state index contributed by atoms with van der Waals surface area (Å²) in [5, 5.41) is 2.93. The summed E-state index contributed by atoms with van der Waals surface area (Å²) in [4.78, 5) is 0. The van der Waals surface area contributed by atoms with E-state index in [1.807, 2.05) is 24.3 Å². The maximum Gasteiger partial charge on any atom is 0.604 e. The first-order chi connectivity index (χ1) is 19.5. The third-order valence-corrected chi connectivity index (χ3v) is 8.07. The summed E-state index contributed by atoms with van der Waals surface area (Å²) in [7, 11) is -8.24. The summed E-state index contributed by atoms with van der Waals surface area (Å²) >= 11 is 0. The normalized spacial score (nSPS) is 14.8. The summed E-state index contributed by atoms with van der Waals surface area (Å²) in [6.45, 7) is 0.932. The van der Waals surface area contributed by atoms with Crippen molar-refractivity contribution in [2.45, 2.75) is 0 Å². The fourth-order valence-corrected chi connectivity index (χ4v) is 6.28. The molecule has 0 aliphatic carbocycles. The first kappa shape index (κ1) is 27.9.